The molecule has 0 saturated heterocycles. The Balaban J connectivity index is 2.22. The summed E-state index contributed by atoms with van der Waals surface area (Å²) >= 11 is 1.79. The van der Waals surface area contributed by atoms with Gasteiger partial charge in [0.1, 0.15) is 5.75 Å². The molecule has 1 aromatic heterocycles. The zero-order valence-electron chi connectivity index (χ0n) is 11.1. The highest BCUT2D eigenvalue weighted by atomic mass is 32.1. The molecular weight excluding hydrogens is 242 g/mol. The molecule has 2 aromatic rings. The maximum atomic E-state index is 5.47. The number of thiophene rings is 1. The molecule has 1 aromatic carbocycles. The second kappa shape index (κ2) is 6.03. The van der Waals surface area contributed by atoms with Crippen LogP contribution in [0.4, 0.5) is 0 Å². The fourth-order valence-corrected chi connectivity index (χ4v) is 2.79. The van der Waals surface area contributed by atoms with Crippen LogP contribution in [-0.2, 0) is 0 Å². The second-order valence-electron chi connectivity index (χ2n) is 4.21. The first-order valence-electron chi connectivity index (χ1n) is 6.19. The normalized spacial score (nSPS) is 12.4. The average Bonchev–Trinajstić information content (AvgIpc) is 2.79. The zero-order chi connectivity index (χ0) is 13.0. The highest BCUT2D eigenvalue weighted by molar-refractivity contribution is 7.10. The smallest absolute Gasteiger partial charge is 0.119 e. The molecule has 0 radical (unpaired) electrons. The molecule has 0 aliphatic carbocycles. The molecule has 96 valence electrons. The van der Waals surface area contributed by atoms with Crippen molar-refractivity contribution in [2.45, 2.75) is 19.9 Å². The lowest BCUT2D eigenvalue weighted by molar-refractivity contribution is 0.340. The predicted octanol–water partition coefficient (Wildman–Crippen LogP) is 3.76. The summed E-state index contributed by atoms with van der Waals surface area (Å²) in [5.41, 5.74) is 2.59. The van der Waals surface area contributed by atoms with E-state index in [0.29, 0.717) is 6.61 Å². The third kappa shape index (κ3) is 2.92. The number of rotatable bonds is 5. The zero-order valence-corrected chi connectivity index (χ0v) is 11.9. The Hall–Kier alpha value is -1.32. The molecule has 1 N–H and O–H groups in total. The molecule has 1 heterocycles. The third-order valence-corrected chi connectivity index (χ3v) is 3.78. The van der Waals surface area contributed by atoms with Gasteiger partial charge in [-0.05, 0) is 55.6 Å². The van der Waals surface area contributed by atoms with Gasteiger partial charge in [-0.25, -0.2) is 0 Å². The second-order valence-corrected chi connectivity index (χ2v) is 5.33. The summed E-state index contributed by atoms with van der Waals surface area (Å²) in [5, 5.41) is 5.58. The molecule has 0 aliphatic rings. The van der Waals surface area contributed by atoms with E-state index in [2.05, 4.69) is 35.8 Å². The van der Waals surface area contributed by atoms with E-state index < -0.39 is 0 Å². The van der Waals surface area contributed by atoms with Crippen LogP contribution in [0.25, 0.3) is 0 Å². The Labute approximate surface area is 113 Å². The summed E-state index contributed by atoms with van der Waals surface area (Å²) in [4.78, 5) is 1.34. The van der Waals surface area contributed by atoms with Gasteiger partial charge in [0.15, 0.2) is 0 Å². The summed E-state index contributed by atoms with van der Waals surface area (Å²) in [7, 11) is 1.99. The Bertz CT molecular complexity index is 489. The number of aryl methyl sites for hydroxylation is 1. The first-order chi connectivity index (χ1) is 8.74. The van der Waals surface area contributed by atoms with Crippen molar-refractivity contribution in [1.29, 1.82) is 0 Å². The van der Waals surface area contributed by atoms with E-state index in [0.717, 1.165) is 5.75 Å². The monoisotopic (exact) mass is 261 g/mol. The van der Waals surface area contributed by atoms with E-state index in [1.807, 2.05) is 26.1 Å². The summed E-state index contributed by atoms with van der Waals surface area (Å²) in [6, 6.07) is 10.8. The standard InChI is InChI=1S/C15H19NOS/c1-4-17-14-7-5-12(6-8-14)15(16-3)13-9-11(2)18-10-13/h5-10,15-16H,4H2,1-3H3. The third-order valence-electron chi connectivity index (χ3n) is 2.90. The van der Waals surface area contributed by atoms with Crippen LogP contribution >= 0.6 is 11.3 Å². The van der Waals surface area contributed by atoms with Crippen LogP contribution in [0, 0.1) is 6.92 Å². The highest BCUT2D eigenvalue weighted by Crippen LogP contribution is 2.27. The topological polar surface area (TPSA) is 21.3 Å². The summed E-state index contributed by atoms with van der Waals surface area (Å²) in [5.74, 6) is 0.928. The number of ether oxygens (including phenoxy) is 1. The van der Waals surface area contributed by atoms with Crippen LogP contribution in [0.5, 0.6) is 5.75 Å². The highest BCUT2D eigenvalue weighted by Gasteiger charge is 2.13. The molecular formula is C15H19NOS. The van der Waals surface area contributed by atoms with Crippen LogP contribution in [0.3, 0.4) is 0 Å². The Kier molecular flexibility index (Phi) is 4.39. The van der Waals surface area contributed by atoms with Gasteiger partial charge >= 0.3 is 0 Å². The van der Waals surface area contributed by atoms with Crippen LogP contribution in [0.15, 0.2) is 35.7 Å². The van der Waals surface area contributed by atoms with E-state index in [1.54, 1.807) is 11.3 Å². The van der Waals surface area contributed by atoms with Crippen molar-refractivity contribution in [2.75, 3.05) is 13.7 Å². The minimum atomic E-state index is 0.255. The number of hydrogen-bond acceptors (Lipinski definition) is 3. The Morgan fingerprint density at radius 1 is 1.22 bits per heavy atom. The average molecular weight is 261 g/mol. The molecule has 3 heteroatoms. The minimum absolute atomic E-state index is 0.255. The molecule has 0 bridgehead atoms. The lowest BCUT2D eigenvalue weighted by Crippen LogP contribution is -2.16. The SMILES string of the molecule is CCOc1ccc(C(NC)c2csc(C)c2)cc1. The van der Waals surface area contributed by atoms with E-state index >= 15 is 0 Å². The fourth-order valence-electron chi connectivity index (χ4n) is 2.06. The molecule has 2 rings (SSSR count). The summed E-state index contributed by atoms with van der Waals surface area (Å²) in [6.45, 7) is 4.84. The van der Waals surface area contributed by atoms with Gasteiger partial charge in [-0.2, -0.15) is 0 Å². The molecule has 18 heavy (non-hydrogen) atoms. The van der Waals surface area contributed by atoms with Gasteiger partial charge in [-0.3, -0.25) is 0 Å². The number of benzene rings is 1. The fraction of sp³-hybridized carbons (Fsp3) is 0.333. The van der Waals surface area contributed by atoms with Gasteiger partial charge in [-0.15, -0.1) is 11.3 Å². The van der Waals surface area contributed by atoms with Gasteiger partial charge in [0.25, 0.3) is 0 Å². The lowest BCUT2D eigenvalue weighted by atomic mass is 10.0. The molecule has 0 spiro atoms. The van der Waals surface area contributed by atoms with Crippen LogP contribution in [0.2, 0.25) is 0 Å². The van der Waals surface area contributed by atoms with E-state index in [-0.39, 0.29) is 6.04 Å². The van der Waals surface area contributed by atoms with Gasteiger partial charge in [0, 0.05) is 4.88 Å². The summed E-state index contributed by atoms with van der Waals surface area (Å²) < 4.78 is 5.47. The van der Waals surface area contributed by atoms with E-state index in [9.17, 15) is 0 Å². The molecule has 1 atom stereocenters. The van der Waals surface area contributed by atoms with Crippen LogP contribution < -0.4 is 10.1 Å². The molecule has 1 unspecified atom stereocenters. The van der Waals surface area contributed by atoms with Crippen molar-refractivity contribution in [1.82, 2.24) is 5.32 Å². The summed E-state index contributed by atoms with van der Waals surface area (Å²) in [6.07, 6.45) is 0. The number of nitrogens with one attached hydrogen (secondary N) is 1. The molecule has 0 aliphatic heterocycles. The van der Waals surface area contributed by atoms with Crippen molar-refractivity contribution in [3.63, 3.8) is 0 Å². The first-order valence-corrected chi connectivity index (χ1v) is 7.07. The van der Waals surface area contributed by atoms with Crippen molar-refractivity contribution in [2.24, 2.45) is 0 Å². The van der Waals surface area contributed by atoms with Gasteiger partial charge in [0.2, 0.25) is 0 Å². The van der Waals surface area contributed by atoms with Crippen molar-refractivity contribution >= 4 is 11.3 Å². The molecule has 0 amide bonds. The lowest BCUT2D eigenvalue weighted by Gasteiger charge is -2.16. The maximum Gasteiger partial charge on any atom is 0.119 e. The van der Waals surface area contributed by atoms with E-state index in [4.69, 9.17) is 4.74 Å². The Morgan fingerprint density at radius 3 is 2.44 bits per heavy atom. The Morgan fingerprint density at radius 2 is 1.94 bits per heavy atom. The quantitative estimate of drug-likeness (QED) is 0.884. The van der Waals surface area contributed by atoms with E-state index in [1.165, 1.54) is 16.0 Å². The minimum Gasteiger partial charge on any atom is -0.494 e. The van der Waals surface area contributed by atoms with Gasteiger partial charge < -0.3 is 10.1 Å². The van der Waals surface area contributed by atoms with Gasteiger partial charge in [0.05, 0.1) is 12.6 Å². The van der Waals surface area contributed by atoms with Gasteiger partial charge in [-0.1, -0.05) is 12.1 Å². The van der Waals surface area contributed by atoms with Crippen molar-refractivity contribution in [3.05, 3.63) is 51.7 Å². The number of hydrogen-bond donors (Lipinski definition) is 1. The van der Waals surface area contributed by atoms with Crippen molar-refractivity contribution < 1.29 is 4.74 Å². The largest absolute Gasteiger partial charge is 0.494 e. The molecule has 2 nitrogen and oxygen atoms in total. The molecule has 0 saturated carbocycles. The predicted molar refractivity (Wildman–Crippen MR) is 77.6 cm³/mol. The van der Waals surface area contributed by atoms with Crippen LogP contribution in [0.1, 0.15) is 29.0 Å². The maximum absolute atomic E-state index is 5.47. The van der Waals surface area contributed by atoms with Crippen LogP contribution in [-0.4, -0.2) is 13.7 Å². The van der Waals surface area contributed by atoms with Crippen molar-refractivity contribution in [3.8, 4) is 5.75 Å². The molecule has 0 fully saturated rings. The first kappa shape index (κ1) is 13.1.